The summed E-state index contributed by atoms with van der Waals surface area (Å²) >= 11 is 0. The van der Waals surface area contributed by atoms with E-state index in [1.54, 1.807) is 0 Å². The van der Waals surface area contributed by atoms with E-state index in [1.165, 1.54) is 11.1 Å². The molecular formula is C11H15N. The Morgan fingerprint density at radius 2 is 2.25 bits per heavy atom. The molecule has 0 aliphatic rings. The van der Waals surface area contributed by atoms with Gasteiger partial charge in [0.2, 0.25) is 0 Å². The first-order valence-corrected chi connectivity index (χ1v) is 4.27. The zero-order chi connectivity index (χ0) is 9.14. The third-order valence-electron chi connectivity index (χ3n) is 2.03. The number of allylic oxidation sites excluding steroid dienone is 1. The molecule has 1 heterocycles. The summed E-state index contributed by atoms with van der Waals surface area (Å²) in [6.45, 7) is 10.2. The van der Waals surface area contributed by atoms with E-state index in [1.807, 2.05) is 20.0 Å². The van der Waals surface area contributed by atoms with Crippen LogP contribution in [0.4, 0.5) is 0 Å². The number of aryl methyl sites for hydroxylation is 2. The van der Waals surface area contributed by atoms with E-state index in [2.05, 4.69) is 24.6 Å². The maximum atomic E-state index is 4.25. The maximum absolute atomic E-state index is 4.25. The quantitative estimate of drug-likeness (QED) is 0.649. The Balaban J connectivity index is 3.29. The number of nitrogens with zero attached hydrogens (tertiary/aromatic N) is 1. The van der Waals surface area contributed by atoms with Crippen molar-refractivity contribution in [2.75, 3.05) is 0 Å². The van der Waals surface area contributed by atoms with Crippen molar-refractivity contribution < 1.29 is 0 Å². The molecule has 0 saturated carbocycles. The molecule has 12 heavy (non-hydrogen) atoms. The van der Waals surface area contributed by atoms with E-state index in [0.29, 0.717) is 0 Å². The molecule has 0 spiro atoms. The summed E-state index contributed by atoms with van der Waals surface area (Å²) in [6.07, 6.45) is 2.91. The van der Waals surface area contributed by atoms with Gasteiger partial charge >= 0.3 is 0 Å². The third-order valence-corrected chi connectivity index (χ3v) is 2.03. The average Bonchev–Trinajstić information content (AvgIpc) is 2.03. The monoisotopic (exact) mass is 161 g/mol. The first-order chi connectivity index (χ1) is 5.66. The van der Waals surface area contributed by atoms with Gasteiger partial charge < -0.3 is 0 Å². The van der Waals surface area contributed by atoms with Crippen LogP contribution in [-0.4, -0.2) is 4.98 Å². The molecule has 0 aliphatic carbocycles. The van der Waals surface area contributed by atoms with Crippen LogP contribution in [0.5, 0.6) is 0 Å². The molecule has 0 atom stereocenters. The summed E-state index contributed by atoms with van der Waals surface area (Å²) in [5.74, 6) is 0. The predicted octanol–water partition coefficient (Wildman–Crippen LogP) is 2.99. The summed E-state index contributed by atoms with van der Waals surface area (Å²) in [5, 5.41) is 0. The van der Waals surface area contributed by atoms with Crippen LogP contribution >= 0.6 is 0 Å². The summed E-state index contributed by atoms with van der Waals surface area (Å²) in [6, 6.07) is 2.07. The van der Waals surface area contributed by atoms with E-state index < -0.39 is 0 Å². The van der Waals surface area contributed by atoms with Crippen LogP contribution in [0.15, 0.2) is 18.8 Å². The SMILES string of the molecule is C=C(C)c1c(CC)ccnc1C. The van der Waals surface area contributed by atoms with Gasteiger partial charge in [-0.3, -0.25) is 4.98 Å². The molecule has 1 rings (SSSR count). The van der Waals surface area contributed by atoms with Crippen molar-refractivity contribution in [1.82, 2.24) is 4.98 Å². The number of aromatic nitrogens is 1. The number of pyridine rings is 1. The van der Waals surface area contributed by atoms with Crippen LogP contribution in [0, 0.1) is 6.92 Å². The summed E-state index contributed by atoms with van der Waals surface area (Å²) in [4.78, 5) is 4.25. The van der Waals surface area contributed by atoms with Gasteiger partial charge in [-0.15, -0.1) is 0 Å². The Hall–Kier alpha value is -1.11. The molecule has 64 valence electrons. The zero-order valence-electron chi connectivity index (χ0n) is 8.02. The Morgan fingerprint density at radius 1 is 1.58 bits per heavy atom. The second kappa shape index (κ2) is 3.53. The molecule has 1 nitrogen and oxygen atoms in total. The Labute approximate surface area is 74.2 Å². The van der Waals surface area contributed by atoms with Crippen molar-refractivity contribution in [2.45, 2.75) is 27.2 Å². The highest BCUT2D eigenvalue weighted by Crippen LogP contribution is 2.19. The molecule has 0 amide bonds. The first-order valence-electron chi connectivity index (χ1n) is 4.27. The minimum atomic E-state index is 1.05. The lowest BCUT2D eigenvalue weighted by molar-refractivity contribution is 1.07. The van der Waals surface area contributed by atoms with Gasteiger partial charge in [0.1, 0.15) is 0 Å². The van der Waals surface area contributed by atoms with Gasteiger partial charge in [-0.2, -0.15) is 0 Å². The average molecular weight is 161 g/mol. The molecule has 0 aliphatic heterocycles. The standard InChI is InChI=1S/C11H15N/c1-5-10-6-7-12-9(4)11(10)8(2)3/h6-7H,2,5H2,1,3-4H3. The molecule has 0 N–H and O–H groups in total. The van der Waals surface area contributed by atoms with Crippen LogP contribution in [0.25, 0.3) is 5.57 Å². The van der Waals surface area contributed by atoms with Crippen molar-refractivity contribution in [2.24, 2.45) is 0 Å². The number of hydrogen-bond donors (Lipinski definition) is 0. The van der Waals surface area contributed by atoms with E-state index in [9.17, 15) is 0 Å². The van der Waals surface area contributed by atoms with Crippen LogP contribution in [-0.2, 0) is 6.42 Å². The fraction of sp³-hybridized carbons (Fsp3) is 0.364. The lowest BCUT2D eigenvalue weighted by Gasteiger charge is -2.09. The van der Waals surface area contributed by atoms with Crippen molar-refractivity contribution in [3.8, 4) is 0 Å². The second-order valence-corrected chi connectivity index (χ2v) is 3.06. The van der Waals surface area contributed by atoms with Crippen molar-refractivity contribution in [3.05, 3.63) is 35.7 Å². The first kappa shape index (κ1) is 8.98. The largest absolute Gasteiger partial charge is 0.261 e. The molecular weight excluding hydrogens is 146 g/mol. The summed E-state index contributed by atoms with van der Waals surface area (Å²) in [7, 11) is 0. The van der Waals surface area contributed by atoms with E-state index in [-0.39, 0.29) is 0 Å². The van der Waals surface area contributed by atoms with Gasteiger partial charge in [0.05, 0.1) is 0 Å². The smallest absolute Gasteiger partial charge is 0.0450 e. The highest BCUT2D eigenvalue weighted by atomic mass is 14.7. The van der Waals surface area contributed by atoms with Crippen LogP contribution < -0.4 is 0 Å². The van der Waals surface area contributed by atoms with Gasteiger partial charge in [-0.05, 0) is 37.5 Å². The molecule has 1 aromatic rings. The minimum Gasteiger partial charge on any atom is -0.261 e. The van der Waals surface area contributed by atoms with Gasteiger partial charge in [0.15, 0.2) is 0 Å². The topological polar surface area (TPSA) is 12.9 Å². The molecule has 0 fully saturated rings. The van der Waals surface area contributed by atoms with Crippen molar-refractivity contribution >= 4 is 5.57 Å². The van der Waals surface area contributed by atoms with Gasteiger partial charge in [-0.1, -0.05) is 13.5 Å². The third kappa shape index (κ3) is 1.55. The lowest BCUT2D eigenvalue weighted by atomic mass is 9.99. The highest BCUT2D eigenvalue weighted by Gasteiger charge is 2.04. The van der Waals surface area contributed by atoms with E-state index in [4.69, 9.17) is 0 Å². The zero-order valence-corrected chi connectivity index (χ0v) is 8.02. The predicted molar refractivity (Wildman–Crippen MR) is 53.1 cm³/mol. The fourth-order valence-corrected chi connectivity index (χ4v) is 1.50. The fourth-order valence-electron chi connectivity index (χ4n) is 1.50. The second-order valence-electron chi connectivity index (χ2n) is 3.06. The van der Waals surface area contributed by atoms with E-state index in [0.717, 1.165) is 17.7 Å². The Morgan fingerprint density at radius 3 is 2.67 bits per heavy atom. The molecule has 0 bridgehead atoms. The number of rotatable bonds is 2. The van der Waals surface area contributed by atoms with Crippen LogP contribution in [0.1, 0.15) is 30.7 Å². The summed E-state index contributed by atoms with van der Waals surface area (Å²) in [5.41, 5.74) is 4.77. The van der Waals surface area contributed by atoms with E-state index >= 15 is 0 Å². The van der Waals surface area contributed by atoms with Gasteiger partial charge in [-0.25, -0.2) is 0 Å². The van der Waals surface area contributed by atoms with Crippen LogP contribution in [0.2, 0.25) is 0 Å². The number of hydrogen-bond acceptors (Lipinski definition) is 1. The van der Waals surface area contributed by atoms with Gasteiger partial charge in [0.25, 0.3) is 0 Å². The molecule has 0 saturated heterocycles. The van der Waals surface area contributed by atoms with Crippen LogP contribution in [0.3, 0.4) is 0 Å². The van der Waals surface area contributed by atoms with Crippen molar-refractivity contribution in [3.63, 3.8) is 0 Å². The molecule has 0 aromatic carbocycles. The highest BCUT2D eigenvalue weighted by molar-refractivity contribution is 5.66. The van der Waals surface area contributed by atoms with Crippen molar-refractivity contribution in [1.29, 1.82) is 0 Å². The Kier molecular flexibility index (Phi) is 2.64. The van der Waals surface area contributed by atoms with Gasteiger partial charge in [0, 0.05) is 17.5 Å². The molecule has 1 aromatic heterocycles. The molecule has 0 unspecified atom stereocenters. The summed E-state index contributed by atoms with van der Waals surface area (Å²) < 4.78 is 0. The molecule has 0 radical (unpaired) electrons. The minimum absolute atomic E-state index is 1.05. The maximum Gasteiger partial charge on any atom is 0.0450 e. The Bertz CT molecular complexity index is 300. The normalized spacial score (nSPS) is 9.92. The molecule has 1 heteroatoms. The lowest BCUT2D eigenvalue weighted by Crippen LogP contribution is -1.95.